The van der Waals surface area contributed by atoms with E-state index in [9.17, 15) is 4.79 Å². The van der Waals surface area contributed by atoms with Gasteiger partial charge in [0, 0.05) is 13.2 Å². The quantitative estimate of drug-likeness (QED) is 0.688. The van der Waals surface area contributed by atoms with Crippen molar-refractivity contribution in [2.45, 2.75) is 0 Å². The van der Waals surface area contributed by atoms with Gasteiger partial charge in [0.2, 0.25) is 0 Å². The van der Waals surface area contributed by atoms with E-state index < -0.39 is 0 Å². The highest BCUT2D eigenvalue weighted by Gasteiger charge is 2.15. The Morgan fingerprint density at radius 3 is 2.93 bits per heavy atom. The zero-order chi connectivity index (χ0) is 10.6. The van der Waals surface area contributed by atoms with E-state index in [-0.39, 0.29) is 11.6 Å². The molecule has 0 saturated carbocycles. The predicted octanol–water partition coefficient (Wildman–Crippen LogP) is 0.431. The van der Waals surface area contributed by atoms with Crippen LogP contribution in [0.1, 0.15) is 16.1 Å². The van der Waals surface area contributed by atoms with Crippen molar-refractivity contribution in [3.63, 3.8) is 0 Å². The number of methoxy groups -OCH3 is 1. The number of amides is 1. The van der Waals surface area contributed by atoms with E-state index >= 15 is 0 Å². The van der Waals surface area contributed by atoms with Gasteiger partial charge in [0.1, 0.15) is 17.0 Å². The minimum absolute atomic E-state index is 0.281. The monoisotopic (exact) mass is 190 g/mol. The van der Waals surface area contributed by atoms with Crippen molar-refractivity contribution in [1.82, 2.24) is 10.3 Å². The van der Waals surface area contributed by atoms with Crippen molar-refractivity contribution in [2.24, 2.45) is 0 Å². The Morgan fingerprint density at radius 1 is 1.71 bits per heavy atom. The number of hydrogen-bond acceptors (Lipinski definition) is 3. The summed E-state index contributed by atoms with van der Waals surface area (Å²) in [5.74, 6) is 2.45. The van der Waals surface area contributed by atoms with Crippen LogP contribution in [0.3, 0.4) is 0 Å². The molecule has 0 bridgehead atoms. The number of carbonyl (C=O) groups excluding carboxylic acids is 1. The minimum atomic E-state index is -0.303. The molecule has 0 saturated heterocycles. The highest BCUT2D eigenvalue weighted by molar-refractivity contribution is 5.98. The summed E-state index contributed by atoms with van der Waals surface area (Å²) in [5.41, 5.74) is 0.573. The van der Waals surface area contributed by atoms with Crippen LogP contribution in [0.15, 0.2) is 12.3 Å². The molecule has 1 amide bonds. The summed E-state index contributed by atoms with van der Waals surface area (Å²) in [6, 6.07) is 1.59. The van der Waals surface area contributed by atoms with Gasteiger partial charge in [0.05, 0.1) is 7.11 Å². The topological polar surface area (TPSA) is 51.2 Å². The Kier molecular flexibility index (Phi) is 3.08. The molecule has 0 fully saturated rings. The molecule has 0 unspecified atom stereocenters. The van der Waals surface area contributed by atoms with Gasteiger partial charge in [0.25, 0.3) is 5.91 Å². The maximum Gasteiger partial charge on any atom is 0.257 e. The Bertz CT molecular complexity index is 394. The number of carbonyl (C=O) groups is 1. The number of pyridine rings is 1. The van der Waals surface area contributed by atoms with Gasteiger partial charge in [-0.05, 0) is 12.0 Å². The molecule has 0 spiro atoms. The van der Waals surface area contributed by atoms with E-state index in [1.807, 2.05) is 0 Å². The molecule has 0 radical (unpaired) electrons. The van der Waals surface area contributed by atoms with Crippen molar-refractivity contribution in [2.75, 3.05) is 14.2 Å². The largest absolute Gasteiger partial charge is 0.496 e. The number of rotatable bonds is 2. The zero-order valence-corrected chi connectivity index (χ0v) is 8.00. The third-order valence-corrected chi connectivity index (χ3v) is 1.72. The molecule has 1 rings (SSSR count). The van der Waals surface area contributed by atoms with Crippen LogP contribution in [0.4, 0.5) is 0 Å². The van der Waals surface area contributed by atoms with E-state index in [4.69, 9.17) is 11.2 Å². The number of hydrogen-bond donors (Lipinski definition) is 1. The standard InChI is InChI=1S/C10H10N2O2/c1-4-7-9(10(13)11-2)8(14-3)5-6-12-7/h1,5-6H,2-3H3,(H,11,13). The smallest absolute Gasteiger partial charge is 0.257 e. The van der Waals surface area contributed by atoms with E-state index in [2.05, 4.69) is 16.2 Å². The number of terminal acetylenes is 1. The average molecular weight is 190 g/mol. The van der Waals surface area contributed by atoms with Crippen LogP contribution in [-0.4, -0.2) is 25.0 Å². The number of nitrogens with one attached hydrogen (secondary N) is 1. The first-order valence-corrected chi connectivity index (χ1v) is 3.96. The summed E-state index contributed by atoms with van der Waals surface area (Å²) >= 11 is 0. The Labute approximate surface area is 82.3 Å². The molecular weight excluding hydrogens is 180 g/mol. The molecule has 0 aromatic carbocycles. The normalized spacial score (nSPS) is 8.93. The predicted molar refractivity (Wildman–Crippen MR) is 52.1 cm³/mol. The summed E-state index contributed by atoms with van der Waals surface area (Å²) in [6.07, 6.45) is 6.72. The van der Waals surface area contributed by atoms with Crippen molar-refractivity contribution < 1.29 is 9.53 Å². The van der Waals surface area contributed by atoms with Gasteiger partial charge in [-0.2, -0.15) is 0 Å². The second kappa shape index (κ2) is 4.28. The molecule has 1 N–H and O–H groups in total. The fraction of sp³-hybridized carbons (Fsp3) is 0.200. The van der Waals surface area contributed by atoms with Gasteiger partial charge in [0.15, 0.2) is 0 Å². The molecule has 0 aliphatic carbocycles. The van der Waals surface area contributed by atoms with E-state index in [1.165, 1.54) is 20.4 Å². The van der Waals surface area contributed by atoms with Gasteiger partial charge in [-0.1, -0.05) is 0 Å². The first kappa shape index (κ1) is 10.1. The Morgan fingerprint density at radius 2 is 2.43 bits per heavy atom. The van der Waals surface area contributed by atoms with Crippen LogP contribution >= 0.6 is 0 Å². The van der Waals surface area contributed by atoms with Gasteiger partial charge < -0.3 is 10.1 Å². The maximum absolute atomic E-state index is 11.4. The maximum atomic E-state index is 11.4. The zero-order valence-electron chi connectivity index (χ0n) is 8.00. The molecule has 1 aromatic heterocycles. The Balaban J connectivity index is 3.35. The molecule has 0 aliphatic heterocycles. The lowest BCUT2D eigenvalue weighted by atomic mass is 10.1. The first-order chi connectivity index (χ1) is 6.74. The summed E-state index contributed by atoms with van der Waals surface area (Å²) in [6.45, 7) is 0. The summed E-state index contributed by atoms with van der Waals surface area (Å²) in [7, 11) is 3.00. The van der Waals surface area contributed by atoms with Crippen molar-refractivity contribution in [1.29, 1.82) is 0 Å². The number of ether oxygens (including phenoxy) is 1. The lowest BCUT2D eigenvalue weighted by molar-refractivity contribution is 0.0959. The van der Waals surface area contributed by atoms with E-state index in [1.54, 1.807) is 6.07 Å². The lowest BCUT2D eigenvalue weighted by Crippen LogP contribution is -2.20. The highest BCUT2D eigenvalue weighted by atomic mass is 16.5. The molecule has 0 atom stereocenters. The lowest BCUT2D eigenvalue weighted by Gasteiger charge is -2.07. The third-order valence-electron chi connectivity index (χ3n) is 1.72. The van der Waals surface area contributed by atoms with Crippen LogP contribution in [-0.2, 0) is 0 Å². The third kappa shape index (κ3) is 1.67. The molecule has 4 nitrogen and oxygen atoms in total. The molecule has 1 aromatic rings. The van der Waals surface area contributed by atoms with E-state index in [0.29, 0.717) is 11.3 Å². The SMILES string of the molecule is C#Cc1nccc(OC)c1C(=O)NC. The fourth-order valence-corrected chi connectivity index (χ4v) is 1.07. The van der Waals surface area contributed by atoms with Crippen LogP contribution in [0.5, 0.6) is 5.75 Å². The minimum Gasteiger partial charge on any atom is -0.496 e. The second-order valence-corrected chi connectivity index (χ2v) is 2.46. The molecule has 4 heteroatoms. The van der Waals surface area contributed by atoms with Gasteiger partial charge in [-0.3, -0.25) is 4.79 Å². The van der Waals surface area contributed by atoms with Crippen LogP contribution in [0.25, 0.3) is 0 Å². The second-order valence-electron chi connectivity index (χ2n) is 2.46. The van der Waals surface area contributed by atoms with Gasteiger partial charge in [-0.15, -0.1) is 6.42 Å². The molecule has 1 heterocycles. The van der Waals surface area contributed by atoms with E-state index in [0.717, 1.165) is 0 Å². The molecule has 14 heavy (non-hydrogen) atoms. The fourth-order valence-electron chi connectivity index (χ4n) is 1.07. The van der Waals surface area contributed by atoms with Crippen LogP contribution in [0, 0.1) is 12.3 Å². The highest BCUT2D eigenvalue weighted by Crippen LogP contribution is 2.19. The molecular formula is C10H10N2O2. The average Bonchev–Trinajstić information content (AvgIpc) is 2.26. The summed E-state index contributed by atoms with van der Waals surface area (Å²) < 4.78 is 5.01. The number of aromatic nitrogens is 1. The van der Waals surface area contributed by atoms with Crippen LogP contribution < -0.4 is 10.1 Å². The molecule has 72 valence electrons. The number of nitrogens with zero attached hydrogens (tertiary/aromatic N) is 1. The molecule has 0 aliphatic rings. The van der Waals surface area contributed by atoms with Gasteiger partial charge in [-0.25, -0.2) is 4.98 Å². The van der Waals surface area contributed by atoms with Crippen molar-refractivity contribution in [3.05, 3.63) is 23.5 Å². The summed E-state index contributed by atoms with van der Waals surface area (Å²) in [4.78, 5) is 15.3. The van der Waals surface area contributed by atoms with Crippen molar-refractivity contribution in [3.8, 4) is 18.1 Å². The summed E-state index contributed by atoms with van der Waals surface area (Å²) in [5, 5.41) is 2.48. The first-order valence-electron chi connectivity index (χ1n) is 3.96. The Hall–Kier alpha value is -2.02. The van der Waals surface area contributed by atoms with Gasteiger partial charge >= 0.3 is 0 Å². The van der Waals surface area contributed by atoms with Crippen molar-refractivity contribution >= 4 is 5.91 Å². The van der Waals surface area contributed by atoms with Crippen LogP contribution in [0.2, 0.25) is 0 Å².